The van der Waals surface area contributed by atoms with E-state index in [-0.39, 0.29) is 22.1 Å². The number of thioether (sulfide) groups is 1. The summed E-state index contributed by atoms with van der Waals surface area (Å²) in [5, 5.41) is 2.62. The van der Waals surface area contributed by atoms with Crippen LogP contribution in [0.2, 0.25) is 0 Å². The molecule has 1 amide bonds. The van der Waals surface area contributed by atoms with Crippen LogP contribution in [0, 0.1) is 5.92 Å². The van der Waals surface area contributed by atoms with Gasteiger partial charge in [0.25, 0.3) is 0 Å². The molecular formula is C16H22N2O3S2. The van der Waals surface area contributed by atoms with Gasteiger partial charge in [-0.3, -0.25) is 4.79 Å². The molecule has 7 heteroatoms. The summed E-state index contributed by atoms with van der Waals surface area (Å²) in [6, 6.07) is 4.94. The van der Waals surface area contributed by atoms with E-state index in [4.69, 9.17) is 0 Å². The van der Waals surface area contributed by atoms with Gasteiger partial charge in [-0.1, -0.05) is 19.8 Å². The summed E-state index contributed by atoms with van der Waals surface area (Å²) in [5.74, 6) is 0.262. The fourth-order valence-corrected chi connectivity index (χ4v) is 5.45. The van der Waals surface area contributed by atoms with Gasteiger partial charge >= 0.3 is 0 Å². The maximum atomic E-state index is 12.6. The van der Waals surface area contributed by atoms with E-state index in [1.54, 1.807) is 18.2 Å². The van der Waals surface area contributed by atoms with E-state index in [0.29, 0.717) is 11.6 Å². The predicted molar refractivity (Wildman–Crippen MR) is 92.1 cm³/mol. The molecule has 1 aromatic carbocycles. The van der Waals surface area contributed by atoms with Gasteiger partial charge in [0.2, 0.25) is 15.9 Å². The fourth-order valence-electron chi connectivity index (χ4n) is 3.11. The number of carbonyl (C=O) groups excluding carboxylic acids is 1. The van der Waals surface area contributed by atoms with Gasteiger partial charge in [-0.2, -0.15) is 0 Å². The van der Waals surface area contributed by atoms with E-state index in [1.807, 2.05) is 6.92 Å². The Hall–Kier alpha value is -1.05. The molecule has 0 bridgehead atoms. The third kappa shape index (κ3) is 3.56. The molecule has 0 radical (unpaired) electrons. The van der Waals surface area contributed by atoms with Gasteiger partial charge in [-0.05, 0) is 43.9 Å². The van der Waals surface area contributed by atoms with E-state index in [0.717, 1.165) is 24.2 Å². The lowest BCUT2D eigenvalue weighted by molar-refractivity contribution is -0.115. The standard InChI is InChI=1S/C16H22N2O3S2/c1-10-5-3-4-6-13(10)18-23(20,21)12-7-8-15-14(9-12)17-16(19)11(2)22-15/h7-11,13,18H,3-6H2,1-2H3,(H,17,19)/t10-,11-,13-/m0/s1. The van der Waals surface area contributed by atoms with Crippen LogP contribution in [0.1, 0.15) is 39.5 Å². The molecule has 23 heavy (non-hydrogen) atoms. The Bertz CT molecular complexity index is 718. The van der Waals surface area contributed by atoms with Gasteiger partial charge in [0.05, 0.1) is 15.8 Å². The van der Waals surface area contributed by atoms with Gasteiger partial charge in [-0.25, -0.2) is 13.1 Å². The molecule has 3 atom stereocenters. The fraction of sp³-hybridized carbons (Fsp3) is 0.562. The van der Waals surface area contributed by atoms with Crippen molar-refractivity contribution in [3.63, 3.8) is 0 Å². The molecule has 1 aliphatic heterocycles. The molecular weight excluding hydrogens is 332 g/mol. The van der Waals surface area contributed by atoms with E-state index in [9.17, 15) is 13.2 Å². The molecule has 1 fully saturated rings. The number of fused-ring (bicyclic) bond motifs is 1. The van der Waals surface area contributed by atoms with Crippen molar-refractivity contribution in [3.05, 3.63) is 18.2 Å². The molecule has 5 nitrogen and oxygen atoms in total. The molecule has 1 saturated carbocycles. The Morgan fingerprint density at radius 1 is 1.22 bits per heavy atom. The number of benzene rings is 1. The largest absolute Gasteiger partial charge is 0.324 e. The second-order valence-electron chi connectivity index (χ2n) is 6.40. The van der Waals surface area contributed by atoms with Crippen LogP contribution in [0.25, 0.3) is 0 Å². The van der Waals surface area contributed by atoms with Crippen LogP contribution in [0.3, 0.4) is 0 Å². The first kappa shape index (κ1) is 16.8. The van der Waals surface area contributed by atoms with Crippen molar-refractivity contribution in [1.29, 1.82) is 0 Å². The minimum Gasteiger partial charge on any atom is -0.324 e. The van der Waals surface area contributed by atoms with Crippen molar-refractivity contribution < 1.29 is 13.2 Å². The average molecular weight is 354 g/mol. The first-order chi connectivity index (χ1) is 10.9. The topological polar surface area (TPSA) is 75.3 Å². The lowest BCUT2D eigenvalue weighted by atomic mass is 9.87. The van der Waals surface area contributed by atoms with Crippen molar-refractivity contribution in [2.45, 2.75) is 60.6 Å². The van der Waals surface area contributed by atoms with Crippen LogP contribution in [-0.4, -0.2) is 25.6 Å². The Labute approximate surface area is 141 Å². The number of sulfonamides is 1. The minimum atomic E-state index is -3.57. The van der Waals surface area contributed by atoms with E-state index in [1.165, 1.54) is 18.2 Å². The molecule has 1 heterocycles. The average Bonchev–Trinajstić information content (AvgIpc) is 2.50. The summed E-state index contributed by atoms with van der Waals surface area (Å²) in [6.45, 7) is 3.93. The van der Waals surface area contributed by atoms with Crippen LogP contribution in [0.15, 0.2) is 28.0 Å². The van der Waals surface area contributed by atoms with E-state index >= 15 is 0 Å². The number of amides is 1. The minimum absolute atomic E-state index is 0.00577. The molecule has 0 spiro atoms. The van der Waals surface area contributed by atoms with Gasteiger partial charge in [0.1, 0.15) is 0 Å². The normalized spacial score (nSPS) is 28.1. The summed E-state index contributed by atoms with van der Waals surface area (Å²) in [7, 11) is -3.57. The Balaban J connectivity index is 1.83. The number of rotatable bonds is 3. The summed E-state index contributed by atoms with van der Waals surface area (Å²) in [4.78, 5) is 12.9. The number of nitrogens with one attached hydrogen (secondary N) is 2. The van der Waals surface area contributed by atoms with Crippen molar-refractivity contribution in [2.75, 3.05) is 5.32 Å². The Kier molecular flexibility index (Phi) is 4.71. The third-order valence-corrected chi connectivity index (χ3v) is 7.28. The highest BCUT2D eigenvalue weighted by atomic mass is 32.2. The first-order valence-electron chi connectivity index (χ1n) is 8.01. The SMILES string of the molecule is C[C@@H]1Sc2ccc(S(=O)(=O)N[C@H]3CCCC[C@@H]3C)cc2NC1=O. The number of hydrogen-bond acceptors (Lipinski definition) is 4. The molecule has 0 saturated heterocycles. The van der Waals surface area contributed by atoms with E-state index < -0.39 is 10.0 Å². The molecule has 2 N–H and O–H groups in total. The molecule has 0 aromatic heterocycles. The Morgan fingerprint density at radius 2 is 1.96 bits per heavy atom. The van der Waals surface area contributed by atoms with Crippen molar-refractivity contribution >= 4 is 33.4 Å². The van der Waals surface area contributed by atoms with Gasteiger partial charge in [0, 0.05) is 10.9 Å². The summed E-state index contributed by atoms with van der Waals surface area (Å²) in [6.07, 6.45) is 4.17. The first-order valence-corrected chi connectivity index (χ1v) is 10.4. The van der Waals surface area contributed by atoms with Crippen molar-refractivity contribution in [3.8, 4) is 0 Å². The van der Waals surface area contributed by atoms with Crippen LogP contribution in [0.4, 0.5) is 5.69 Å². The van der Waals surface area contributed by atoms with E-state index in [2.05, 4.69) is 17.0 Å². The van der Waals surface area contributed by atoms with Crippen molar-refractivity contribution in [1.82, 2.24) is 4.72 Å². The lowest BCUT2D eigenvalue weighted by Crippen LogP contribution is -2.41. The van der Waals surface area contributed by atoms with Crippen molar-refractivity contribution in [2.24, 2.45) is 5.92 Å². The summed E-state index contributed by atoms with van der Waals surface area (Å²) >= 11 is 1.45. The molecule has 3 rings (SSSR count). The lowest BCUT2D eigenvalue weighted by Gasteiger charge is -2.29. The predicted octanol–water partition coefficient (Wildman–Crippen LogP) is 2.98. The second-order valence-corrected chi connectivity index (χ2v) is 9.49. The maximum Gasteiger partial charge on any atom is 0.240 e. The molecule has 2 aliphatic rings. The zero-order chi connectivity index (χ0) is 16.6. The zero-order valence-corrected chi connectivity index (χ0v) is 15.0. The smallest absolute Gasteiger partial charge is 0.240 e. The van der Waals surface area contributed by atoms with Crippen LogP contribution >= 0.6 is 11.8 Å². The van der Waals surface area contributed by atoms with Gasteiger partial charge < -0.3 is 5.32 Å². The highest BCUT2D eigenvalue weighted by Crippen LogP contribution is 2.37. The summed E-state index contributed by atoms with van der Waals surface area (Å²) < 4.78 is 28.1. The van der Waals surface area contributed by atoms with Gasteiger partial charge in [0.15, 0.2) is 0 Å². The van der Waals surface area contributed by atoms with Crippen LogP contribution in [0.5, 0.6) is 0 Å². The number of hydrogen-bond donors (Lipinski definition) is 2. The highest BCUT2D eigenvalue weighted by Gasteiger charge is 2.29. The second kappa shape index (κ2) is 6.45. The maximum absolute atomic E-state index is 12.6. The monoisotopic (exact) mass is 354 g/mol. The summed E-state index contributed by atoms with van der Waals surface area (Å²) in [5.41, 5.74) is 0.581. The zero-order valence-electron chi connectivity index (χ0n) is 13.3. The number of anilines is 1. The third-order valence-electron chi connectivity index (χ3n) is 4.61. The number of carbonyl (C=O) groups is 1. The Morgan fingerprint density at radius 3 is 2.70 bits per heavy atom. The highest BCUT2D eigenvalue weighted by molar-refractivity contribution is 8.01. The molecule has 1 aromatic rings. The molecule has 126 valence electrons. The van der Waals surface area contributed by atoms with Crippen LogP contribution < -0.4 is 10.0 Å². The van der Waals surface area contributed by atoms with Gasteiger partial charge in [-0.15, -0.1) is 11.8 Å². The quantitative estimate of drug-likeness (QED) is 0.875. The molecule has 1 aliphatic carbocycles. The van der Waals surface area contributed by atoms with Crippen LogP contribution in [-0.2, 0) is 14.8 Å². The molecule has 0 unspecified atom stereocenters.